The molecule has 2 heterocycles. The average molecular weight is 508 g/mol. The number of anilines is 4. The fourth-order valence-electron chi connectivity index (χ4n) is 3.28. The first-order chi connectivity index (χ1) is 16.4. The molecule has 0 radical (unpaired) electrons. The van der Waals surface area contributed by atoms with Crippen LogP contribution in [0.4, 0.5) is 23.3 Å². The van der Waals surface area contributed by atoms with Crippen molar-refractivity contribution in [1.82, 2.24) is 24.9 Å². The first kappa shape index (κ1) is 22.5. The van der Waals surface area contributed by atoms with Crippen LogP contribution in [-0.4, -0.2) is 24.9 Å². The maximum absolute atomic E-state index is 6.20. The highest BCUT2D eigenvalue weighted by Crippen LogP contribution is 2.29. The van der Waals surface area contributed by atoms with E-state index in [1.165, 1.54) is 11.8 Å². The fraction of sp³-hybridized carbons (Fsp3) is 0.0833. The maximum Gasteiger partial charge on any atom is 0.233 e. The average Bonchev–Trinajstić information content (AvgIpc) is 3.21. The van der Waals surface area contributed by atoms with Crippen molar-refractivity contribution in [1.29, 1.82) is 0 Å². The van der Waals surface area contributed by atoms with E-state index in [4.69, 9.17) is 23.2 Å². The molecule has 0 atom stereocenters. The highest BCUT2D eigenvalue weighted by molar-refractivity contribution is 7.99. The molecular weight excluding hydrogens is 489 g/mol. The number of benzene rings is 3. The number of rotatable bonds is 6. The molecule has 170 valence electrons. The number of imidazole rings is 1. The van der Waals surface area contributed by atoms with Crippen LogP contribution in [0.15, 0.2) is 71.0 Å². The smallest absolute Gasteiger partial charge is 0.233 e. The van der Waals surface area contributed by atoms with Crippen LogP contribution >= 0.6 is 35.0 Å². The molecule has 0 saturated heterocycles. The van der Waals surface area contributed by atoms with Gasteiger partial charge in [-0.1, -0.05) is 47.5 Å². The Labute approximate surface area is 210 Å². The summed E-state index contributed by atoms with van der Waals surface area (Å²) < 4.78 is 0. The molecule has 0 spiro atoms. The molecule has 0 saturated carbocycles. The number of fused-ring (bicyclic) bond motifs is 1. The SMILES string of the molecule is Cc1ccc(Cl)cc1Nc1nc(Nc2cc(Cl)ccc2C)nc(Sc2nc3ccccc3[nH]2)n1. The second kappa shape index (κ2) is 9.50. The van der Waals surface area contributed by atoms with E-state index in [1.807, 2.05) is 74.5 Å². The Kier molecular flexibility index (Phi) is 6.28. The minimum atomic E-state index is 0.376. The van der Waals surface area contributed by atoms with E-state index in [9.17, 15) is 0 Å². The number of aromatic amines is 1. The number of aryl methyl sites for hydroxylation is 2. The van der Waals surface area contributed by atoms with E-state index in [0.717, 1.165) is 33.5 Å². The molecule has 34 heavy (non-hydrogen) atoms. The third-order valence-corrected chi connectivity index (χ3v) is 6.28. The third-order valence-electron chi connectivity index (χ3n) is 5.06. The van der Waals surface area contributed by atoms with Gasteiger partial charge in [0.1, 0.15) is 0 Å². The number of nitrogens with zero attached hydrogens (tertiary/aromatic N) is 4. The quantitative estimate of drug-likeness (QED) is 0.222. The van der Waals surface area contributed by atoms with Gasteiger partial charge in [-0.2, -0.15) is 15.0 Å². The number of hydrogen-bond donors (Lipinski definition) is 3. The van der Waals surface area contributed by atoms with Crippen molar-refractivity contribution in [3.63, 3.8) is 0 Å². The lowest BCUT2D eigenvalue weighted by molar-refractivity contribution is 0.912. The molecule has 0 amide bonds. The summed E-state index contributed by atoms with van der Waals surface area (Å²) in [6.45, 7) is 3.97. The van der Waals surface area contributed by atoms with Crippen LogP contribution in [0.1, 0.15) is 11.1 Å². The van der Waals surface area contributed by atoms with E-state index in [0.29, 0.717) is 32.3 Å². The lowest BCUT2D eigenvalue weighted by Gasteiger charge is -2.12. The Morgan fingerprint density at radius 2 is 1.32 bits per heavy atom. The number of aromatic nitrogens is 5. The predicted octanol–water partition coefficient (Wildman–Crippen LogP) is 7.31. The van der Waals surface area contributed by atoms with Gasteiger partial charge >= 0.3 is 0 Å². The number of halogens is 2. The van der Waals surface area contributed by atoms with Crippen LogP contribution in [0.3, 0.4) is 0 Å². The minimum Gasteiger partial charge on any atom is -0.333 e. The summed E-state index contributed by atoms with van der Waals surface area (Å²) >= 11 is 13.7. The van der Waals surface area contributed by atoms with E-state index < -0.39 is 0 Å². The van der Waals surface area contributed by atoms with Gasteiger partial charge < -0.3 is 15.6 Å². The van der Waals surface area contributed by atoms with Crippen molar-refractivity contribution in [2.45, 2.75) is 24.2 Å². The second-order valence-corrected chi connectivity index (χ2v) is 9.42. The molecule has 0 aliphatic heterocycles. The van der Waals surface area contributed by atoms with Gasteiger partial charge in [-0.25, -0.2) is 4.98 Å². The molecule has 2 aromatic heterocycles. The van der Waals surface area contributed by atoms with Gasteiger partial charge in [0.25, 0.3) is 0 Å². The predicted molar refractivity (Wildman–Crippen MR) is 139 cm³/mol. The van der Waals surface area contributed by atoms with Crippen LogP contribution in [0.25, 0.3) is 11.0 Å². The summed E-state index contributed by atoms with van der Waals surface area (Å²) in [6.07, 6.45) is 0. The molecule has 0 aliphatic carbocycles. The van der Waals surface area contributed by atoms with E-state index in [-0.39, 0.29) is 0 Å². The zero-order valence-corrected chi connectivity index (χ0v) is 20.6. The summed E-state index contributed by atoms with van der Waals surface area (Å²) in [5.41, 5.74) is 5.46. The Hall–Kier alpha value is -3.33. The molecule has 0 aliphatic rings. The van der Waals surface area contributed by atoms with E-state index >= 15 is 0 Å². The highest BCUT2D eigenvalue weighted by Gasteiger charge is 2.13. The van der Waals surface area contributed by atoms with Gasteiger partial charge in [-0.15, -0.1) is 0 Å². The number of nitrogens with one attached hydrogen (secondary N) is 3. The summed E-state index contributed by atoms with van der Waals surface area (Å²) in [6, 6.07) is 19.1. The van der Waals surface area contributed by atoms with E-state index in [1.54, 1.807) is 0 Å². The molecule has 0 bridgehead atoms. The second-order valence-electron chi connectivity index (χ2n) is 7.59. The Balaban J connectivity index is 1.52. The van der Waals surface area contributed by atoms with Crippen molar-refractivity contribution in [3.8, 4) is 0 Å². The topological polar surface area (TPSA) is 91.4 Å². The largest absolute Gasteiger partial charge is 0.333 e. The van der Waals surface area contributed by atoms with Gasteiger partial charge in [0.05, 0.1) is 11.0 Å². The summed E-state index contributed by atoms with van der Waals surface area (Å²) in [4.78, 5) is 21.7. The van der Waals surface area contributed by atoms with Crippen molar-refractivity contribution in [2.24, 2.45) is 0 Å². The molecule has 5 aromatic rings. The van der Waals surface area contributed by atoms with Crippen LogP contribution in [-0.2, 0) is 0 Å². The Morgan fingerprint density at radius 1 is 0.735 bits per heavy atom. The van der Waals surface area contributed by atoms with Crippen LogP contribution < -0.4 is 10.6 Å². The molecule has 7 nitrogen and oxygen atoms in total. The Morgan fingerprint density at radius 3 is 1.91 bits per heavy atom. The normalized spacial score (nSPS) is 11.1. The molecule has 3 N–H and O–H groups in total. The summed E-state index contributed by atoms with van der Waals surface area (Å²) in [5, 5.41) is 8.91. The fourth-order valence-corrected chi connectivity index (χ4v) is 4.36. The standard InChI is InChI=1S/C24H19Cl2N7S/c1-13-7-9-15(25)11-19(13)27-21-31-22(28-20-12-16(26)10-8-14(20)2)33-24(32-21)34-23-29-17-5-3-4-6-18(17)30-23/h3-12H,1-2H3,(H,29,30)(H2,27,28,31,32,33). The lowest BCUT2D eigenvalue weighted by Crippen LogP contribution is -2.06. The molecule has 0 fully saturated rings. The zero-order valence-electron chi connectivity index (χ0n) is 18.2. The van der Waals surface area contributed by atoms with Gasteiger partial charge in [0.2, 0.25) is 17.1 Å². The summed E-state index contributed by atoms with van der Waals surface area (Å²) in [7, 11) is 0. The van der Waals surface area contributed by atoms with Crippen LogP contribution in [0.2, 0.25) is 10.0 Å². The maximum atomic E-state index is 6.20. The number of para-hydroxylation sites is 2. The van der Waals surface area contributed by atoms with Gasteiger partial charge in [-0.3, -0.25) is 0 Å². The highest BCUT2D eigenvalue weighted by atomic mass is 35.5. The lowest BCUT2D eigenvalue weighted by atomic mass is 10.2. The minimum absolute atomic E-state index is 0.376. The van der Waals surface area contributed by atoms with E-state index in [2.05, 4.69) is 35.6 Å². The van der Waals surface area contributed by atoms with Gasteiger partial charge in [0, 0.05) is 21.4 Å². The van der Waals surface area contributed by atoms with Crippen LogP contribution in [0.5, 0.6) is 0 Å². The number of H-pyrrole nitrogens is 1. The number of hydrogen-bond acceptors (Lipinski definition) is 7. The van der Waals surface area contributed by atoms with Crippen molar-refractivity contribution >= 4 is 69.3 Å². The summed E-state index contributed by atoms with van der Waals surface area (Å²) in [5.74, 6) is 0.752. The molecular formula is C24H19Cl2N7S. The first-order valence-corrected chi connectivity index (χ1v) is 12.0. The van der Waals surface area contributed by atoms with Gasteiger partial charge in [-0.05, 0) is 73.1 Å². The van der Waals surface area contributed by atoms with Gasteiger partial charge in [0.15, 0.2) is 5.16 Å². The molecule has 10 heteroatoms. The first-order valence-electron chi connectivity index (χ1n) is 10.4. The molecule has 0 unspecified atom stereocenters. The van der Waals surface area contributed by atoms with Crippen molar-refractivity contribution < 1.29 is 0 Å². The molecule has 3 aromatic carbocycles. The van der Waals surface area contributed by atoms with Crippen molar-refractivity contribution in [2.75, 3.05) is 10.6 Å². The van der Waals surface area contributed by atoms with Crippen LogP contribution in [0, 0.1) is 13.8 Å². The molecule has 5 rings (SSSR count). The monoisotopic (exact) mass is 507 g/mol. The third kappa shape index (κ3) is 5.09. The van der Waals surface area contributed by atoms with Crippen molar-refractivity contribution in [3.05, 3.63) is 81.8 Å². The Bertz CT molecular complexity index is 1400. The zero-order chi connectivity index (χ0) is 23.7.